The summed E-state index contributed by atoms with van der Waals surface area (Å²) in [6.45, 7) is 1.71. The van der Waals surface area contributed by atoms with Crippen molar-refractivity contribution < 1.29 is 18.8 Å². The molecule has 0 N–H and O–H groups in total. The Kier molecular flexibility index (Phi) is 10.7. The number of aromatic nitrogens is 2. The first-order valence-electron chi connectivity index (χ1n) is 13.8. The van der Waals surface area contributed by atoms with Crippen molar-refractivity contribution in [2.75, 3.05) is 13.7 Å². The van der Waals surface area contributed by atoms with Crippen LogP contribution in [0.1, 0.15) is 23.6 Å². The summed E-state index contributed by atoms with van der Waals surface area (Å²) in [4.78, 5) is 54.2. The number of nitrogens with zero attached hydrogens (tertiary/aromatic N) is 4. The number of esters is 1. The summed E-state index contributed by atoms with van der Waals surface area (Å²) in [6.07, 6.45) is 0. The van der Waals surface area contributed by atoms with Gasteiger partial charge in [-0.3, -0.25) is 29.2 Å². The van der Waals surface area contributed by atoms with Gasteiger partial charge in [-0.25, -0.2) is 13.8 Å². The lowest BCUT2D eigenvalue weighted by Crippen LogP contribution is -2.42. The summed E-state index contributed by atoms with van der Waals surface area (Å²) >= 11 is 1.17. The fraction of sp³-hybridized carbons (Fsp3) is 0.219. The topological polar surface area (TPSA) is 117 Å². The molecular weight excluding hydrogens is 623 g/mol. The first-order valence-corrected chi connectivity index (χ1v) is 14.6. The van der Waals surface area contributed by atoms with Crippen LogP contribution in [0.25, 0.3) is 20.7 Å². The van der Waals surface area contributed by atoms with Gasteiger partial charge in [0.1, 0.15) is 17.2 Å². The van der Waals surface area contributed by atoms with E-state index < -0.39 is 34.5 Å². The summed E-state index contributed by atoms with van der Waals surface area (Å²) < 4.78 is 22.0. The molecule has 13 heteroatoms. The normalized spacial score (nSPS) is 11.0. The van der Waals surface area contributed by atoms with Gasteiger partial charge >= 0.3 is 11.7 Å². The summed E-state index contributed by atoms with van der Waals surface area (Å²) in [5.74, 6) is -1.28. The molecule has 5 rings (SSSR count). The van der Waals surface area contributed by atoms with Gasteiger partial charge in [0.25, 0.3) is 11.2 Å². The van der Waals surface area contributed by atoms with E-state index in [-0.39, 0.29) is 48.7 Å². The molecule has 2 aromatic heterocycles. The highest BCUT2D eigenvalue weighted by Gasteiger charge is 2.25. The monoisotopic (exact) mass is 652 g/mol. The molecule has 0 aliphatic heterocycles. The number of thiophene rings is 1. The van der Waals surface area contributed by atoms with E-state index >= 15 is 0 Å². The van der Waals surface area contributed by atoms with Crippen molar-refractivity contribution >= 4 is 45.6 Å². The standard InChI is InChI=1S/C32H29FN4O6S.ClH/c1-3-43-27(38)20-35-30(39)28-25(19-34(2)17-21-9-5-4-6-10-21)29(22-13-15-24(16-14-22)37(41)42)44-31(28)36(32(35)40)18-23-11-7-8-12-26(23)33;/h4-16H,3,17-20H2,1-2H3;1H. The van der Waals surface area contributed by atoms with E-state index in [0.717, 1.165) is 10.1 Å². The van der Waals surface area contributed by atoms with E-state index in [1.54, 1.807) is 31.2 Å². The molecule has 3 aromatic carbocycles. The second-order valence-electron chi connectivity index (χ2n) is 10.2. The third kappa shape index (κ3) is 7.19. The van der Waals surface area contributed by atoms with Crippen LogP contribution in [0.15, 0.2) is 88.5 Å². The SMILES string of the molecule is CCOC(=O)Cn1c(=O)c2c(CN(C)Cc3ccccc3)c(-c3ccc([N+](=O)[O-])cc3)sc2n(Cc2ccccc2F)c1=O.Cl. The zero-order chi connectivity index (χ0) is 31.4. The Balaban J connectivity index is 0.00000461. The number of benzene rings is 3. The highest BCUT2D eigenvalue weighted by molar-refractivity contribution is 7.22. The van der Waals surface area contributed by atoms with Crippen molar-refractivity contribution in [1.29, 1.82) is 0 Å². The van der Waals surface area contributed by atoms with Crippen LogP contribution in [0.3, 0.4) is 0 Å². The fourth-order valence-corrected chi connectivity index (χ4v) is 6.37. The van der Waals surface area contributed by atoms with Crippen LogP contribution in [0, 0.1) is 15.9 Å². The highest BCUT2D eigenvalue weighted by atomic mass is 35.5. The number of halogens is 2. The lowest BCUT2D eigenvalue weighted by Gasteiger charge is -2.18. The lowest BCUT2D eigenvalue weighted by molar-refractivity contribution is -0.384. The maximum atomic E-state index is 14.8. The van der Waals surface area contributed by atoms with Gasteiger partial charge in [-0.1, -0.05) is 48.5 Å². The Morgan fingerprint density at radius 1 is 0.978 bits per heavy atom. The van der Waals surface area contributed by atoms with Crippen LogP contribution < -0.4 is 11.2 Å². The second-order valence-corrected chi connectivity index (χ2v) is 11.2. The van der Waals surface area contributed by atoms with E-state index in [2.05, 4.69) is 0 Å². The molecule has 0 bridgehead atoms. The molecule has 0 amide bonds. The minimum Gasteiger partial charge on any atom is -0.465 e. The summed E-state index contributed by atoms with van der Waals surface area (Å²) in [7, 11) is 1.89. The molecule has 2 heterocycles. The van der Waals surface area contributed by atoms with Crippen LogP contribution in [-0.2, 0) is 35.7 Å². The fourth-order valence-electron chi connectivity index (χ4n) is 5.07. The van der Waals surface area contributed by atoms with E-state index in [9.17, 15) is 28.9 Å². The first-order chi connectivity index (χ1) is 21.2. The molecule has 234 valence electrons. The Morgan fingerprint density at radius 2 is 1.64 bits per heavy atom. The largest absolute Gasteiger partial charge is 0.465 e. The molecule has 0 saturated heterocycles. The zero-order valence-electron chi connectivity index (χ0n) is 24.5. The van der Waals surface area contributed by atoms with Crippen LogP contribution in [-0.4, -0.2) is 38.6 Å². The molecule has 0 unspecified atom stereocenters. The van der Waals surface area contributed by atoms with Gasteiger partial charge in [-0.2, -0.15) is 0 Å². The number of hydrogen-bond acceptors (Lipinski definition) is 8. The van der Waals surface area contributed by atoms with Gasteiger partial charge in [-0.05, 0) is 48.9 Å². The second kappa shape index (κ2) is 14.4. The van der Waals surface area contributed by atoms with Crippen molar-refractivity contribution in [3.63, 3.8) is 0 Å². The highest BCUT2D eigenvalue weighted by Crippen LogP contribution is 2.38. The predicted molar refractivity (Wildman–Crippen MR) is 173 cm³/mol. The molecule has 0 atom stereocenters. The smallest absolute Gasteiger partial charge is 0.332 e. The van der Waals surface area contributed by atoms with Gasteiger partial charge in [0.2, 0.25) is 0 Å². The zero-order valence-corrected chi connectivity index (χ0v) is 26.1. The van der Waals surface area contributed by atoms with Gasteiger partial charge in [0, 0.05) is 35.7 Å². The number of carbonyl (C=O) groups is 1. The van der Waals surface area contributed by atoms with Gasteiger partial charge in [0.05, 0.1) is 23.5 Å². The Hall–Kier alpha value is -4.65. The average molecular weight is 653 g/mol. The first kappa shape index (κ1) is 33.2. The van der Waals surface area contributed by atoms with Crippen LogP contribution in [0.2, 0.25) is 0 Å². The molecule has 10 nitrogen and oxygen atoms in total. The maximum absolute atomic E-state index is 14.8. The Labute approximate surface area is 267 Å². The van der Waals surface area contributed by atoms with Gasteiger partial charge in [0.15, 0.2) is 0 Å². The van der Waals surface area contributed by atoms with Crippen LogP contribution in [0.5, 0.6) is 0 Å². The van der Waals surface area contributed by atoms with Gasteiger partial charge < -0.3 is 4.74 Å². The summed E-state index contributed by atoms with van der Waals surface area (Å²) in [6, 6.07) is 21.7. The number of hydrogen-bond donors (Lipinski definition) is 0. The summed E-state index contributed by atoms with van der Waals surface area (Å²) in [5, 5.41) is 11.5. The molecule has 5 aromatic rings. The van der Waals surface area contributed by atoms with E-state index in [0.29, 0.717) is 27.4 Å². The quantitative estimate of drug-likeness (QED) is 0.104. The number of non-ortho nitro benzene ring substituents is 1. The lowest BCUT2D eigenvalue weighted by atomic mass is 10.1. The van der Waals surface area contributed by atoms with E-state index in [1.165, 1.54) is 40.2 Å². The number of rotatable bonds is 11. The van der Waals surface area contributed by atoms with Crippen molar-refractivity contribution in [3.05, 3.63) is 132 Å². The Morgan fingerprint density at radius 3 is 2.29 bits per heavy atom. The predicted octanol–water partition coefficient (Wildman–Crippen LogP) is 5.60. The van der Waals surface area contributed by atoms with Crippen molar-refractivity contribution in [2.45, 2.75) is 33.1 Å². The van der Waals surface area contributed by atoms with Crippen LogP contribution >= 0.6 is 23.7 Å². The number of carbonyl (C=O) groups excluding carboxylic acids is 1. The van der Waals surface area contributed by atoms with E-state index in [1.807, 2.05) is 42.3 Å². The molecule has 0 fully saturated rings. The van der Waals surface area contributed by atoms with Crippen molar-refractivity contribution in [3.8, 4) is 10.4 Å². The molecule has 0 radical (unpaired) electrons. The third-order valence-corrected chi connectivity index (χ3v) is 8.40. The number of nitro benzene ring substituents is 1. The molecule has 45 heavy (non-hydrogen) atoms. The number of nitro groups is 1. The molecular formula is C32H30ClFN4O6S. The summed E-state index contributed by atoms with van der Waals surface area (Å²) in [5.41, 5.74) is 0.928. The van der Waals surface area contributed by atoms with Crippen molar-refractivity contribution in [1.82, 2.24) is 14.0 Å². The van der Waals surface area contributed by atoms with Gasteiger partial charge in [-0.15, -0.1) is 23.7 Å². The molecule has 0 aliphatic rings. The number of fused-ring (bicyclic) bond motifs is 1. The minimum absolute atomic E-state index is 0. The minimum atomic E-state index is -0.778. The number of ether oxygens (including phenoxy) is 1. The van der Waals surface area contributed by atoms with Crippen LogP contribution in [0.4, 0.5) is 10.1 Å². The molecule has 0 saturated carbocycles. The molecule has 0 aliphatic carbocycles. The van der Waals surface area contributed by atoms with E-state index in [4.69, 9.17) is 4.74 Å². The third-order valence-electron chi connectivity index (χ3n) is 7.10. The maximum Gasteiger partial charge on any atom is 0.332 e. The molecule has 0 spiro atoms. The van der Waals surface area contributed by atoms with Crippen molar-refractivity contribution in [2.24, 2.45) is 0 Å². The average Bonchev–Trinajstić information content (AvgIpc) is 3.37. The Bertz CT molecular complexity index is 1960.